The summed E-state index contributed by atoms with van der Waals surface area (Å²) in [6.45, 7) is 0.664. The van der Waals surface area contributed by atoms with Crippen LogP contribution in [0.3, 0.4) is 0 Å². The highest BCUT2D eigenvalue weighted by Gasteiger charge is 2.04. The van der Waals surface area contributed by atoms with Gasteiger partial charge < -0.3 is 4.74 Å². The smallest absolute Gasteiger partial charge is 0.131 e. The summed E-state index contributed by atoms with van der Waals surface area (Å²) in [5.41, 5.74) is 2.91. The van der Waals surface area contributed by atoms with Crippen LogP contribution >= 0.6 is 0 Å². The minimum atomic E-state index is 0.664. The lowest BCUT2D eigenvalue weighted by molar-refractivity contribution is 0.414. The van der Waals surface area contributed by atoms with Crippen molar-refractivity contribution in [2.45, 2.75) is 6.54 Å². The first-order valence-corrected chi connectivity index (χ1v) is 5.63. The molecular weight excluding hydrogens is 228 g/mol. The van der Waals surface area contributed by atoms with E-state index in [0.717, 1.165) is 22.3 Å². The number of nitrogens with zero attached hydrogens (tertiary/aromatic N) is 4. The molecule has 2 heterocycles. The van der Waals surface area contributed by atoms with Gasteiger partial charge in [-0.05, 0) is 23.8 Å². The molecular formula is C13H12N4O. The predicted octanol–water partition coefficient (Wildman–Crippen LogP) is 1.88. The first kappa shape index (κ1) is 10.7. The molecule has 1 aromatic carbocycles. The molecule has 3 aromatic rings. The minimum absolute atomic E-state index is 0.664. The molecule has 0 bridgehead atoms. The standard InChI is InChI=1S/C13H12N4O/c1-18-11-4-2-3-10(7-11)9-17-13-5-6-14-8-12(13)15-16-17/h2-8H,9H2,1H3. The summed E-state index contributed by atoms with van der Waals surface area (Å²) in [5, 5.41) is 8.21. The normalized spacial score (nSPS) is 10.7. The summed E-state index contributed by atoms with van der Waals surface area (Å²) >= 11 is 0. The average Bonchev–Trinajstić information content (AvgIpc) is 2.83. The Hall–Kier alpha value is -2.43. The average molecular weight is 240 g/mol. The van der Waals surface area contributed by atoms with E-state index in [-0.39, 0.29) is 0 Å². The van der Waals surface area contributed by atoms with E-state index in [4.69, 9.17) is 4.74 Å². The maximum Gasteiger partial charge on any atom is 0.131 e. The van der Waals surface area contributed by atoms with Gasteiger partial charge in [0.1, 0.15) is 11.3 Å². The maximum atomic E-state index is 5.21. The monoisotopic (exact) mass is 240 g/mol. The van der Waals surface area contributed by atoms with Crippen LogP contribution in [0.25, 0.3) is 11.0 Å². The van der Waals surface area contributed by atoms with Gasteiger partial charge in [-0.1, -0.05) is 17.3 Å². The third kappa shape index (κ3) is 1.90. The third-order valence-corrected chi connectivity index (χ3v) is 2.78. The molecule has 0 aliphatic rings. The fourth-order valence-electron chi connectivity index (χ4n) is 1.88. The Bertz CT molecular complexity index is 677. The maximum absolute atomic E-state index is 5.21. The summed E-state index contributed by atoms with van der Waals surface area (Å²) < 4.78 is 7.06. The molecule has 18 heavy (non-hydrogen) atoms. The van der Waals surface area contributed by atoms with Gasteiger partial charge in [0.15, 0.2) is 0 Å². The number of pyridine rings is 1. The molecule has 0 N–H and O–H groups in total. The van der Waals surface area contributed by atoms with Crippen LogP contribution in [0, 0.1) is 0 Å². The summed E-state index contributed by atoms with van der Waals surface area (Å²) in [6.07, 6.45) is 3.46. The molecule has 5 nitrogen and oxygen atoms in total. The molecule has 3 rings (SSSR count). The van der Waals surface area contributed by atoms with Crippen LogP contribution in [-0.4, -0.2) is 27.1 Å². The first-order chi connectivity index (χ1) is 8.86. The van der Waals surface area contributed by atoms with Crippen molar-refractivity contribution in [2.75, 3.05) is 7.11 Å². The molecule has 0 saturated carbocycles. The number of aromatic nitrogens is 4. The van der Waals surface area contributed by atoms with Crippen molar-refractivity contribution in [3.8, 4) is 5.75 Å². The Balaban J connectivity index is 1.96. The van der Waals surface area contributed by atoms with Crippen molar-refractivity contribution in [2.24, 2.45) is 0 Å². The van der Waals surface area contributed by atoms with Crippen molar-refractivity contribution in [3.63, 3.8) is 0 Å². The summed E-state index contributed by atoms with van der Waals surface area (Å²) in [4.78, 5) is 4.02. The molecule has 5 heteroatoms. The molecule has 0 atom stereocenters. The number of rotatable bonds is 3. The van der Waals surface area contributed by atoms with E-state index >= 15 is 0 Å². The lowest BCUT2D eigenvalue weighted by Crippen LogP contribution is -2.02. The summed E-state index contributed by atoms with van der Waals surface area (Å²) in [5.74, 6) is 0.846. The molecule has 0 unspecified atom stereocenters. The van der Waals surface area contributed by atoms with Gasteiger partial charge in [0, 0.05) is 6.20 Å². The molecule has 90 valence electrons. The van der Waals surface area contributed by atoms with E-state index in [1.165, 1.54) is 0 Å². The van der Waals surface area contributed by atoms with Crippen LogP contribution in [0.4, 0.5) is 0 Å². The van der Waals surface area contributed by atoms with Gasteiger partial charge in [-0.25, -0.2) is 4.68 Å². The number of hydrogen-bond donors (Lipinski definition) is 0. The van der Waals surface area contributed by atoms with Crippen LogP contribution < -0.4 is 4.74 Å². The Kier molecular flexibility index (Phi) is 2.64. The van der Waals surface area contributed by atoms with Gasteiger partial charge >= 0.3 is 0 Å². The largest absolute Gasteiger partial charge is 0.497 e. The summed E-state index contributed by atoms with van der Waals surface area (Å²) in [6, 6.07) is 9.84. The van der Waals surface area contributed by atoms with Crippen molar-refractivity contribution in [1.29, 1.82) is 0 Å². The molecule has 0 radical (unpaired) electrons. The molecule has 2 aromatic heterocycles. The van der Waals surface area contributed by atoms with Gasteiger partial charge in [0.05, 0.1) is 25.4 Å². The van der Waals surface area contributed by atoms with Crippen molar-refractivity contribution in [3.05, 3.63) is 48.3 Å². The van der Waals surface area contributed by atoms with E-state index in [1.807, 2.05) is 35.0 Å². The van der Waals surface area contributed by atoms with Crippen molar-refractivity contribution < 1.29 is 4.74 Å². The van der Waals surface area contributed by atoms with E-state index in [1.54, 1.807) is 19.5 Å². The second-order valence-electron chi connectivity index (χ2n) is 3.96. The quantitative estimate of drug-likeness (QED) is 0.701. The van der Waals surface area contributed by atoms with E-state index < -0.39 is 0 Å². The SMILES string of the molecule is COc1cccc(Cn2nnc3cnccc32)c1. The lowest BCUT2D eigenvalue weighted by Gasteiger charge is -2.05. The Morgan fingerprint density at radius 3 is 3.11 bits per heavy atom. The topological polar surface area (TPSA) is 52.8 Å². The Morgan fingerprint density at radius 2 is 2.22 bits per heavy atom. The van der Waals surface area contributed by atoms with Gasteiger partial charge in [-0.15, -0.1) is 5.10 Å². The molecule has 0 spiro atoms. The molecule has 0 aliphatic heterocycles. The molecule has 0 aliphatic carbocycles. The van der Waals surface area contributed by atoms with Crippen molar-refractivity contribution >= 4 is 11.0 Å². The van der Waals surface area contributed by atoms with Crippen LogP contribution in [-0.2, 0) is 6.54 Å². The number of hydrogen-bond acceptors (Lipinski definition) is 4. The van der Waals surface area contributed by atoms with Gasteiger partial charge in [-0.2, -0.15) is 0 Å². The predicted molar refractivity (Wildman–Crippen MR) is 67.4 cm³/mol. The first-order valence-electron chi connectivity index (χ1n) is 5.63. The van der Waals surface area contributed by atoms with Crippen LogP contribution in [0.5, 0.6) is 5.75 Å². The minimum Gasteiger partial charge on any atom is -0.497 e. The molecule has 0 amide bonds. The zero-order valence-electron chi connectivity index (χ0n) is 9.95. The van der Waals surface area contributed by atoms with Gasteiger partial charge in [0.2, 0.25) is 0 Å². The van der Waals surface area contributed by atoms with E-state index in [2.05, 4.69) is 15.3 Å². The fraction of sp³-hybridized carbons (Fsp3) is 0.154. The zero-order chi connectivity index (χ0) is 12.4. The zero-order valence-corrected chi connectivity index (χ0v) is 9.95. The Labute approximate surface area is 104 Å². The second-order valence-corrected chi connectivity index (χ2v) is 3.96. The van der Waals surface area contributed by atoms with Crippen LogP contribution in [0.2, 0.25) is 0 Å². The Morgan fingerprint density at radius 1 is 1.28 bits per heavy atom. The highest BCUT2D eigenvalue weighted by atomic mass is 16.5. The van der Waals surface area contributed by atoms with Crippen LogP contribution in [0.15, 0.2) is 42.7 Å². The van der Waals surface area contributed by atoms with Crippen LogP contribution in [0.1, 0.15) is 5.56 Å². The van der Waals surface area contributed by atoms with Gasteiger partial charge in [0.25, 0.3) is 0 Å². The number of fused-ring (bicyclic) bond motifs is 1. The molecule has 0 fully saturated rings. The number of benzene rings is 1. The highest BCUT2D eigenvalue weighted by molar-refractivity contribution is 5.72. The number of methoxy groups -OCH3 is 1. The number of ether oxygens (including phenoxy) is 1. The van der Waals surface area contributed by atoms with Crippen molar-refractivity contribution in [1.82, 2.24) is 20.0 Å². The fourth-order valence-corrected chi connectivity index (χ4v) is 1.88. The molecule has 0 saturated heterocycles. The van der Waals surface area contributed by atoms with E-state index in [9.17, 15) is 0 Å². The second kappa shape index (κ2) is 4.44. The van der Waals surface area contributed by atoms with E-state index in [0.29, 0.717) is 6.54 Å². The highest BCUT2D eigenvalue weighted by Crippen LogP contribution is 2.15. The summed E-state index contributed by atoms with van der Waals surface area (Å²) in [7, 11) is 1.66. The lowest BCUT2D eigenvalue weighted by atomic mass is 10.2. The van der Waals surface area contributed by atoms with Gasteiger partial charge in [-0.3, -0.25) is 4.98 Å². The third-order valence-electron chi connectivity index (χ3n) is 2.78.